The minimum absolute atomic E-state index is 0. The molecule has 1 aromatic carbocycles. The molecule has 170 valence electrons. The van der Waals surface area contributed by atoms with E-state index >= 15 is 0 Å². The van der Waals surface area contributed by atoms with Crippen molar-refractivity contribution in [3.05, 3.63) is 52.2 Å². The summed E-state index contributed by atoms with van der Waals surface area (Å²) in [6.45, 7) is 5.83. The van der Waals surface area contributed by atoms with Gasteiger partial charge in [-0.25, -0.2) is 0 Å². The van der Waals surface area contributed by atoms with Crippen molar-refractivity contribution < 1.29 is 9.47 Å². The topological polar surface area (TPSA) is 58.1 Å². The number of aliphatic imine (C=N–C) groups is 1. The molecule has 1 atom stereocenters. The summed E-state index contributed by atoms with van der Waals surface area (Å²) in [7, 11) is 1.82. The molecule has 8 heteroatoms. The largest absolute Gasteiger partial charge is 0.493 e. The Balaban J connectivity index is 0.00000272. The lowest BCUT2D eigenvalue weighted by Gasteiger charge is -2.34. The number of halogens is 1. The van der Waals surface area contributed by atoms with Crippen LogP contribution >= 0.6 is 35.3 Å². The van der Waals surface area contributed by atoms with Crippen molar-refractivity contribution in [2.45, 2.75) is 25.4 Å². The second-order valence-electron chi connectivity index (χ2n) is 7.85. The van der Waals surface area contributed by atoms with Gasteiger partial charge in [0.15, 0.2) is 5.96 Å². The third-order valence-corrected chi connectivity index (χ3v) is 6.61. The molecular formula is C23H33IN4O2S. The van der Waals surface area contributed by atoms with Crippen LogP contribution in [0.15, 0.2) is 46.8 Å². The highest BCUT2D eigenvalue weighted by molar-refractivity contribution is 14.0. The summed E-state index contributed by atoms with van der Waals surface area (Å²) in [5.74, 6) is 2.52. The number of hydrogen-bond acceptors (Lipinski definition) is 5. The maximum absolute atomic E-state index is 6.04. The second kappa shape index (κ2) is 12.6. The first-order chi connectivity index (χ1) is 14.8. The van der Waals surface area contributed by atoms with Gasteiger partial charge in [0.25, 0.3) is 0 Å². The van der Waals surface area contributed by atoms with E-state index in [-0.39, 0.29) is 24.0 Å². The highest BCUT2D eigenvalue weighted by Gasteiger charge is 2.24. The Morgan fingerprint density at radius 1 is 1.19 bits per heavy atom. The van der Waals surface area contributed by atoms with Crippen LogP contribution in [-0.2, 0) is 11.3 Å². The van der Waals surface area contributed by atoms with Crippen molar-refractivity contribution >= 4 is 41.3 Å². The van der Waals surface area contributed by atoms with E-state index in [2.05, 4.69) is 56.2 Å². The Hall–Kier alpha value is -1.36. The zero-order chi connectivity index (χ0) is 20.6. The fourth-order valence-electron chi connectivity index (χ4n) is 3.66. The number of morpholine rings is 1. The number of guanidine groups is 1. The third kappa shape index (κ3) is 7.34. The molecule has 0 amide bonds. The first-order valence-corrected chi connectivity index (χ1v) is 11.7. The van der Waals surface area contributed by atoms with Crippen LogP contribution in [0.1, 0.15) is 29.3 Å². The van der Waals surface area contributed by atoms with E-state index in [1.165, 1.54) is 17.7 Å². The Labute approximate surface area is 206 Å². The first kappa shape index (κ1) is 24.3. The van der Waals surface area contributed by atoms with Crippen molar-refractivity contribution in [2.24, 2.45) is 10.9 Å². The molecule has 0 radical (unpaired) electrons. The minimum Gasteiger partial charge on any atom is -0.493 e. The Morgan fingerprint density at radius 2 is 2.00 bits per heavy atom. The lowest BCUT2D eigenvalue weighted by molar-refractivity contribution is 0.0177. The van der Waals surface area contributed by atoms with Gasteiger partial charge in [-0.3, -0.25) is 9.89 Å². The number of hydrogen-bond donors (Lipinski definition) is 2. The van der Waals surface area contributed by atoms with Gasteiger partial charge in [0.1, 0.15) is 5.75 Å². The molecule has 0 bridgehead atoms. The number of nitrogens with zero attached hydrogens (tertiary/aromatic N) is 2. The number of para-hydroxylation sites is 1. The fourth-order valence-corrected chi connectivity index (χ4v) is 4.52. The zero-order valence-corrected chi connectivity index (χ0v) is 21.2. The van der Waals surface area contributed by atoms with Gasteiger partial charge in [0.2, 0.25) is 0 Å². The van der Waals surface area contributed by atoms with E-state index in [0.717, 1.165) is 62.6 Å². The summed E-state index contributed by atoms with van der Waals surface area (Å²) in [5, 5.41) is 9.13. The second-order valence-corrected chi connectivity index (χ2v) is 8.83. The van der Waals surface area contributed by atoms with E-state index in [1.807, 2.05) is 24.5 Å². The smallest absolute Gasteiger partial charge is 0.191 e. The van der Waals surface area contributed by atoms with Crippen molar-refractivity contribution in [2.75, 3.05) is 46.5 Å². The standard InChI is InChI=1S/C23H32N4O2S.HI/c1-24-23(25-15-19-5-2-3-6-21(19)29-17-18-8-9-18)26-16-20(22-7-4-14-30-22)27-10-12-28-13-11-27;/h2-7,14,18,20H,8-13,15-17H2,1H3,(H2,24,25,26);1H. The molecule has 4 rings (SSSR count). The van der Waals surface area contributed by atoms with Gasteiger partial charge in [-0.15, -0.1) is 35.3 Å². The van der Waals surface area contributed by atoms with Crippen molar-refractivity contribution in [1.82, 2.24) is 15.5 Å². The van der Waals surface area contributed by atoms with Crippen molar-refractivity contribution in [1.29, 1.82) is 0 Å². The Morgan fingerprint density at radius 3 is 2.71 bits per heavy atom. The summed E-state index contributed by atoms with van der Waals surface area (Å²) in [4.78, 5) is 8.30. The molecule has 2 N–H and O–H groups in total. The quantitative estimate of drug-likeness (QED) is 0.279. The van der Waals surface area contributed by atoms with E-state index in [1.54, 1.807) is 0 Å². The summed E-state index contributed by atoms with van der Waals surface area (Å²) >= 11 is 1.81. The molecule has 1 aromatic heterocycles. The number of thiophene rings is 1. The SMILES string of the molecule is CN=C(NCc1ccccc1OCC1CC1)NCC(c1cccs1)N1CCOCC1.I. The average molecular weight is 557 g/mol. The van der Waals surface area contributed by atoms with Crippen molar-refractivity contribution in [3.8, 4) is 5.75 Å². The van der Waals surface area contributed by atoms with Crippen LogP contribution < -0.4 is 15.4 Å². The predicted octanol–water partition coefficient (Wildman–Crippen LogP) is 3.89. The van der Waals surface area contributed by atoms with Gasteiger partial charge in [-0.05, 0) is 36.3 Å². The van der Waals surface area contributed by atoms with E-state index in [4.69, 9.17) is 9.47 Å². The molecule has 2 fully saturated rings. The lowest BCUT2D eigenvalue weighted by atomic mass is 10.2. The highest BCUT2D eigenvalue weighted by atomic mass is 127. The van der Waals surface area contributed by atoms with Gasteiger partial charge in [-0.2, -0.15) is 0 Å². The summed E-state index contributed by atoms with van der Waals surface area (Å²) < 4.78 is 11.6. The van der Waals surface area contributed by atoms with Gasteiger partial charge in [-0.1, -0.05) is 24.3 Å². The maximum atomic E-state index is 6.04. The van der Waals surface area contributed by atoms with E-state index in [9.17, 15) is 0 Å². The molecule has 0 spiro atoms. The van der Waals surface area contributed by atoms with Crippen LogP contribution in [0, 0.1) is 5.92 Å². The summed E-state index contributed by atoms with van der Waals surface area (Å²) in [6, 6.07) is 12.9. The molecule has 31 heavy (non-hydrogen) atoms. The van der Waals surface area contributed by atoms with Crippen LogP contribution in [0.2, 0.25) is 0 Å². The molecule has 2 aliphatic rings. The number of benzene rings is 1. The number of nitrogens with one attached hydrogen (secondary N) is 2. The van der Waals surface area contributed by atoms with Crippen LogP contribution in [0.5, 0.6) is 5.75 Å². The minimum atomic E-state index is 0. The average Bonchev–Trinajstić information content (AvgIpc) is 3.47. The number of ether oxygens (including phenoxy) is 2. The Kier molecular flexibility index (Phi) is 9.89. The van der Waals surface area contributed by atoms with Crippen LogP contribution in [0.3, 0.4) is 0 Å². The molecule has 1 aliphatic heterocycles. The molecular weight excluding hydrogens is 523 g/mol. The van der Waals surface area contributed by atoms with Crippen molar-refractivity contribution in [3.63, 3.8) is 0 Å². The van der Waals surface area contributed by atoms with Gasteiger partial charge >= 0.3 is 0 Å². The number of rotatable bonds is 9. The first-order valence-electron chi connectivity index (χ1n) is 10.8. The molecule has 1 saturated heterocycles. The molecule has 1 unspecified atom stereocenters. The summed E-state index contributed by atoms with van der Waals surface area (Å²) in [5.41, 5.74) is 1.16. The van der Waals surface area contributed by atoms with Crippen LogP contribution in [0.25, 0.3) is 0 Å². The molecule has 1 aliphatic carbocycles. The van der Waals surface area contributed by atoms with Crippen LogP contribution in [-0.4, -0.2) is 57.4 Å². The lowest BCUT2D eigenvalue weighted by Crippen LogP contribution is -2.46. The molecule has 2 aromatic rings. The maximum Gasteiger partial charge on any atom is 0.191 e. The fraction of sp³-hybridized carbons (Fsp3) is 0.522. The third-order valence-electron chi connectivity index (χ3n) is 5.63. The summed E-state index contributed by atoms with van der Waals surface area (Å²) in [6.07, 6.45) is 2.59. The van der Waals surface area contributed by atoms with Gasteiger partial charge in [0, 0.05) is 43.7 Å². The van der Waals surface area contributed by atoms with Gasteiger partial charge in [0.05, 0.1) is 25.9 Å². The molecule has 2 heterocycles. The van der Waals surface area contributed by atoms with E-state index < -0.39 is 0 Å². The zero-order valence-electron chi connectivity index (χ0n) is 18.1. The van der Waals surface area contributed by atoms with Gasteiger partial charge < -0.3 is 20.1 Å². The van der Waals surface area contributed by atoms with E-state index in [0.29, 0.717) is 12.6 Å². The Bertz CT molecular complexity index is 808. The molecule has 1 saturated carbocycles. The van der Waals surface area contributed by atoms with Crippen LogP contribution in [0.4, 0.5) is 0 Å². The monoisotopic (exact) mass is 556 g/mol. The predicted molar refractivity (Wildman–Crippen MR) is 138 cm³/mol. The normalized spacial score (nSPS) is 18.2. The molecule has 6 nitrogen and oxygen atoms in total. The highest BCUT2D eigenvalue weighted by Crippen LogP contribution is 2.30.